The Labute approximate surface area is 155 Å². The minimum Gasteiger partial charge on any atom is -0.372 e. The normalized spacial score (nSPS) is 10.3. The highest BCUT2D eigenvalue weighted by Crippen LogP contribution is 2.22. The molecule has 0 aromatic heterocycles. The number of amides is 2. The van der Waals surface area contributed by atoms with Gasteiger partial charge in [0.05, 0.1) is 0 Å². The molecule has 0 heterocycles. The molecule has 0 radical (unpaired) electrons. The Hall–Kier alpha value is -2.82. The minimum atomic E-state index is -0.623. The van der Waals surface area contributed by atoms with Gasteiger partial charge in [0.2, 0.25) is 0 Å². The lowest BCUT2D eigenvalue weighted by atomic mass is 10.1. The molecule has 0 bridgehead atoms. The van der Waals surface area contributed by atoms with Crippen molar-refractivity contribution in [1.29, 1.82) is 0 Å². The van der Waals surface area contributed by atoms with Crippen LogP contribution in [0.2, 0.25) is 0 Å². The molecule has 0 spiro atoms. The molecule has 26 heavy (non-hydrogen) atoms. The molecule has 0 saturated carbocycles. The number of aryl methyl sites for hydroxylation is 1. The van der Waals surface area contributed by atoms with Crippen LogP contribution in [0.1, 0.15) is 25.0 Å². The number of nitrogens with one attached hydrogen (secondary N) is 1. The van der Waals surface area contributed by atoms with Crippen LogP contribution in [0.4, 0.5) is 11.4 Å². The molecule has 0 aliphatic carbocycles. The van der Waals surface area contributed by atoms with Gasteiger partial charge in [0.25, 0.3) is 0 Å². The molecule has 0 aliphatic rings. The molecule has 2 amide bonds. The van der Waals surface area contributed by atoms with Crippen LogP contribution in [0, 0.1) is 6.92 Å². The van der Waals surface area contributed by atoms with Crippen molar-refractivity contribution in [3.63, 3.8) is 0 Å². The number of carbonyl (C=O) groups is 2. The molecule has 0 unspecified atom stereocenters. The fourth-order valence-corrected chi connectivity index (χ4v) is 2.85. The zero-order valence-corrected chi connectivity index (χ0v) is 16.0. The van der Waals surface area contributed by atoms with Gasteiger partial charge in [-0.05, 0) is 50.1 Å². The minimum absolute atomic E-state index is 0.396. The van der Waals surface area contributed by atoms with E-state index >= 15 is 0 Å². The van der Waals surface area contributed by atoms with Crippen molar-refractivity contribution in [1.82, 2.24) is 4.90 Å². The molecule has 2 rings (SSSR count). The molecule has 5 nitrogen and oxygen atoms in total. The molecule has 0 saturated heterocycles. The van der Waals surface area contributed by atoms with Crippen molar-refractivity contribution in [2.75, 3.05) is 30.4 Å². The smallest absolute Gasteiger partial charge is 0.313 e. The van der Waals surface area contributed by atoms with E-state index in [-0.39, 0.29) is 0 Å². The maximum Gasteiger partial charge on any atom is 0.313 e. The second-order valence-corrected chi connectivity index (χ2v) is 6.27. The van der Waals surface area contributed by atoms with Crippen LogP contribution in [0.25, 0.3) is 0 Å². The Bertz CT molecular complexity index is 755. The highest BCUT2D eigenvalue weighted by molar-refractivity contribution is 6.39. The fraction of sp³-hybridized carbons (Fsp3) is 0.333. The molecule has 0 fully saturated rings. The Morgan fingerprint density at radius 2 is 1.65 bits per heavy atom. The Balaban J connectivity index is 2.03. The molecule has 2 aromatic rings. The standard InChI is InChI=1S/C21H27N3O2/c1-5-24(6-2)18-12-13-19(16(3)14-18)22-20(25)21(26)23(4)15-17-10-8-7-9-11-17/h7-14H,5-6,15H2,1-4H3,(H,22,25). The summed E-state index contributed by atoms with van der Waals surface area (Å²) in [5.74, 6) is -1.18. The first kappa shape index (κ1) is 19.5. The lowest BCUT2D eigenvalue weighted by Crippen LogP contribution is -2.36. The molecule has 1 N–H and O–H groups in total. The summed E-state index contributed by atoms with van der Waals surface area (Å²) in [6.45, 7) is 8.38. The largest absolute Gasteiger partial charge is 0.372 e. The van der Waals surface area contributed by atoms with Gasteiger partial charge >= 0.3 is 11.8 Å². The average molecular weight is 353 g/mol. The van der Waals surface area contributed by atoms with E-state index in [4.69, 9.17) is 0 Å². The lowest BCUT2D eigenvalue weighted by molar-refractivity contribution is -0.142. The Kier molecular flexibility index (Phi) is 6.78. The number of hydrogen-bond acceptors (Lipinski definition) is 3. The summed E-state index contributed by atoms with van der Waals surface area (Å²) >= 11 is 0. The number of rotatable bonds is 6. The highest BCUT2D eigenvalue weighted by Gasteiger charge is 2.19. The Morgan fingerprint density at radius 3 is 2.23 bits per heavy atom. The number of anilines is 2. The second-order valence-electron chi connectivity index (χ2n) is 6.27. The van der Waals surface area contributed by atoms with Gasteiger partial charge in [-0.2, -0.15) is 0 Å². The van der Waals surface area contributed by atoms with Crippen molar-refractivity contribution in [3.8, 4) is 0 Å². The third-order valence-electron chi connectivity index (χ3n) is 4.39. The molecule has 5 heteroatoms. The molecule has 2 aromatic carbocycles. The Morgan fingerprint density at radius 1 is 1.00 bits per heavy atom. The molecular weight excluding hydrogens is 326 g/mol. The van der Waals surface area contributed by atoms with Gasteiger partial charge in [0.1, 0.15) is 0 Å². The van der Waals surface area contributed by atoms with Crippen LogP contribution >= 0.6 is 0 Å². The van der Waals surface area contributed by atoms with Crippen LogP contribution in [0.5, 0.6) is 0 Å². The van der Waals surface area contributed by atoms with Crippen molar-refractivity contribution in [3.05, 3.63) is 59.7 Å². The van der Waals surface area contributed by atoms with E-state index in [1.807, 2.05) is 55.5 Å². The van der Waals surface area contributed by atoms with E-state index in [2.05, 4.69) is 24.1 Å². The summed E-state index contributed by atoms with van der Waals surface area (Å²) in [5.41, 5.74) is 3.68. The van der Waals surface area contributed by atoms with Crippen LogP contribution in [-0.2, 0) is 16.1 Å². The zero-order valence-electron chi connectivity index (χ0n) is 16.0. The lowest BCUT2D eigenvalue weighted by Gasteiger charge is -2.22. The average Bonchev–Trinajstić information content (AvgIpc) is 2.65. The number of nitrogens with zero attached hydrogens (tertiary/aromatic N) is 2. The predicted octanol–water partition coefficient (Wildman–Crippen LogP) is 3.44. The number of carbonyl (C=O) groups excluding carboxylic acids is 2. The first-order chi connectivity index (χ1) is 12.5. The fourth-order valence-electron chi connectivity index (χ4n) is 2.85. The summed E-state index contributed by atoms with van der Waals surface area (Å²) in [5, 5.41) is 2.73. The van der Waals surface area contributed by atoms with Gasteiger partial charge in [-0.25, -0.2) is 0 Å². The van der Waals surface area contributed by atoms with Crippen molar-refractivity contribution >= 4 is 23.2 Å². The van der Waals surface area contributed by atoms with E-state index in [1.54, 1.807) is 7.05 Å². The van der Waals surface area contributed by atoms with Crippen LogP contribution in [0.15, 0.2) is 48.5 Å². The van der Waals surface area contributed by atoms with E-state index < -0.39 is 11.8 Å². The second kappa shape index (κ2) is 9.04. The van der Waals surface area contributed by atoms with Gasteiger partial charge in [-0.1, -0.05) is 30.3 Å². The van der Waals surface area contributed by atoms with Crippen molar-refractivity contribution in [2.45, 2.75) is 27.3 Å². The number of hydrogen-bond donors (Lipinski definition) is 1. The molecule has 0 aliphatic heterocycles. The third-order valence-corrected chi connectivity index (χ3v) is 4.39. The number of benzene rings is 2. The first-order valence-electron chi connectivity index (χ1n) is 8.92. The van der Waals surface area contributed by atoms with Gasteiger partial charge in [-0.3, -0.25) is 9.59 Å². The van der Waals surface area contributed by atoms with E-state index in [0.29, 0.717) is 12.2 Å². The zero-order chi connectivity index (χ0) is 19.1. The third kappa shape index (κ3) is 4.85. The quantitative estimate of drug-likeness (QED) is 0.810. The summed E-state index contributed by atoms with van der Waals surface area (Å²) in [6.07, 6.45) is 0. The monoisotopic (exact) mass is 353 g/mol. The topological polar surface area (TPSA) is 52.7 Å². The summed E-state index contributed by atoms with van der Waals surface area (Å²) < 4.78 is 0. The van der Waals surface area contributed by atoms with Gasteiger partial charge in [0, 0.05) is 38.1 Å². The van der Waals surface area contributed by atoms with E-state index in [0.717, 1.165) is 29.9 Å². The van der Waals surface area contributed by atoms with Crippen LogP contribution in [-0.4, -0.2) is 36.9 Å². The van der Waals surface area contributed by atoms with E-state index in [1.165, 1.54) is 4.90 Å². The molecule has 0 atom stereocenters. The summed E-state index contributed by atoms with van der Waals surface area (Å²) in [4.78, 5) is 28.3. The highest BCUT2D eigenvalue weighted by atomic mass is 16.2. The SMILES string of the molecule is CCN(CC)c1ccc(NC(=O)C(=O)N(C)Cc2ccccc2)c(C)c1. The first-order valence-corrected chi connectivity index (χ1v) is 8.92. The van der Waals surface area contributed by atoms with E-state index in [9.17, 15) is 9.59 Å². The predicted molar refractivity (Wildman–Crippen MR) is 106 cm³/mol. The van der Waals surface area contributed by atoms with Gasteiger partial charge in [-0.15, -0.1) is 0 Å². The van der Waals surface area contributed by atoms with Crippen LogP contribution < -0.4 is 10.2 Å². The van der Waals surface area contributed by atoms with Gasteiger partial charge < -0.3 is 15.1 Å². The maximum absolute atomic E-state index is 12.3. The summed E-state index contributed by atoms with van der Waals surface area (Å²) in [6, 6.07) is 15.4. The van der Waals surface area contributed by atoms with Crippen molar-refractivity contribution in [2.24, 2.45) is 0 Å². The molecule has 138 valence electrons. The van der Waals surface area contributed by atoms with Crippen LogP contribution in [0.3, 0.4) is 0 Å². The summed E-state index contributed by atoms with van der Waals surface area (Å²) in [7, 11) is 1.63. The van der Waals surface area contributed by atoms with Gasteiger partial charge in [0.15, 0.2) is 0 Å². The molecular formula is C21H27N3O2. The van der Waals surface area contributed by atoms with Crippen molar-refractivity contribution < 1.29 is 9.59 Å². The number of likely N-dealkylation sites (N-methyl/N-ethyl adjacent to an activating group) is 1. The maximum atomic E-state index is 12.3.